The average Bonchev–Trinajstić information content (AvgIpc) is 2.26. The van der Waals surface area contributed by atoms with Crippen molar-refractivity contribution in [3.63, 3.8) is 0 Å². The minimum absolute atomic E-state index is 0.0941. The van der Waals surface area contributed by atoms with E-state index in [1.54, 1.807) is 7.11 Å². The minimum atomic E-state index is -0.396. The Kier molecular flexibility index (Phi) is 3.69. The number of aliphatic hydroxyl groups excluding tert-OH is 1. The number of ether oxygens (including phenoxy) is 1. The lowest BCUT2D eigenvalue weighted by molar-refractivity contribution is 0.146. The summed E-state index contributed by atoms with van der Waals surface area (Å²) in [4.78, 5) is 0. The summed E-state index contributed by atoms with van der Waals surface area (Å²) >= 11 is 6.06. The zero-order chi connectivity index (χ0) is 13.3. The maximum absolute atomic E-state index is 9.96. The standard InChI is InChI=1S/C15H19ClO2/c1-15(2)8-10(6-12(17)9-15)13-7-11(16)4-5-14(13)18-3/h4-7,12,17H,8-9H2,1-3H3. The van der Waals surface area contributed by atoms with Gasteiger partial charge in [0.05, 0.1) is 13.2 Å². The number of hydrogen-bond donors (Lipinski definition) is 1. The lowest BCUT2D eigenvalue weighted by atomic mass is 9.74. The second kappa shape index (κ2) is 4.94. The molecule has 1 unspecified atom stereocenters. The molecule has 0 bridgehead atoms. The first-order valence-corrected chi connectivity index (χ1v) is 6.52. The fourth-order valence-electron chi connectivity index (χ4n) is 2.62. The van der Waals surface area contributed by atoms with Crippen LogP contribution >= 0.6 is 11.6 Å². The molecule has 0 aliphatic heterocycles. The van der Waals surface area contributed by atoms with Crippen LogP contribution in [0.3, 0.4) is 0 Å². The summed E-state index contributed by atoms with van der Waals surface area (Å²) in [5.74, 6) is 0.801. The van der Waals surface area contributed by atoms with Crippen LogP contribution in [0.2, 0.25) is 5.02 Å². The molecule has 2 rings (SSSR count). The first kappa shape index (κ1) is 13.4. The van der Waals surface area contributed by atoms with E-state index >= 15 is 0 Å². The SMILES string of the molecule is COc1ccc(Cl)cc1C1=CC(O)CC(C)(C)C1. The van der Waals surface area contributed by atoms with Crippen LogP contribution in [0.25, 0.3) is 5.57 Å². The largest absolute Gasteiger partial charge is 0.496 e. The summed E-state index contributed by atoms with van der Waals surface area (Å²) in [6.07, 6.45) is 3.23. The molecule has 1 N–H and O–H groups in total. The summed E-state index contributed by atoms with van der Waals surface area (Å²) in [6.45, 7) is 4.33. The number of methoxy groups -OCH3 is 1. The number of benzene rings is 1. The van der Waals surface area contributed by atoms with Crippen LogP contribution in [0.4, 0.5) is 0 Å². The molecule has 1 aliphatic carbocycles. The minimum Gasteiger partial charge on any atom is -0.496 e. The molecule has 3 heteroatoms. The Bertz CT molecular complexity index is 477. The van der Waals surface area contributed by atoms with E-state index in [2.05, 4.69) is 13.8 Å². The van der Waals surface area contributed by atoms with Crippen molar-refractivity contribution in [2.45, 2.75) is 32.8 Å². The van der Waals surface area contributed by atoms with Crippen molar-refractivity contribution in [3.8, 4) is 5.75 Å². The van der Waals surface area contributed by atoms with Gasteiger partial charge in [0.1, 0.15) is 5.75 Å². The summed E-state index contributed by atoms with van der Waals surface area (Å²) in [6, 6.07) is 5.59. The van der Waals surface area contributed by atoms with Gasteiger partial charge in [-0.1, -0.05) is 31.5 Å². The molecule has 0 saturated heterocycles. The number of rotatable bonds is 2. The molecule has 0 radical (unpaired) electrons. The van der Waals surface area contributed by atoms with Gasteiger partial charge >= 0.3 is 0 Å². The maximum Gasteiger partial charge on any atom is 0.126 e. The van der Waals surface area contributed by atoms with E-state index in [0.717, 1.165) is 29.7 Å². The molecule has 1 atom stereocenters. The molecule has 0 heterocycles. The molecule has 98 valence electrons. The van der Waals surface area contributed by atoms with Crippen LogP contribution in [-0.2, 0) is 0 Å². The van der Waals surface area contributed by atoms with Crippen molar-refractivity contribution in [2.24, 2.45) is 5.41 Å². The molecule has 1 aromatic rings. The second-order valence-corrected chi connectivity index (χ2v) is 6.09. The number of halogens is 1. The zero-order valence-electron chi connectivity index (χ0n) is 11.0. The molecule has 0 aromatic heterocycles. The fraction of sp³-hybridized carbons (Fsp3) is 0.467. The third-order valence-electron chi connectivity index (χ3n) is 3.33. The first-order chi connectivity index (χ1) is 8.41. The van der Waals surface area contributed by atoms with Gasteiger partial charge in [-0.15, -0.1) is 0 Å². The van der Waals surface area contributed by atoms with Crippen molar-refractivity contribution < 1.29 is 9.84 Å². The highest BCUT2D eigenvalue weighted by atomic mass is 35.5. The van der Waals surface area contributed by atoms with Crippen LogP contribution < -0.4 is 4.74 Å². The topological polar surface area (TPSA) is 29.5 Å². The normalized spacial score (nSPS) is 22.5. The third kappa shape index (κ3) is 2.88. The van der Waals surface area contributed by atoms with Gasteiger partial charge in [0, 0.05) is 10.6 Å². The highest BCUT2D eigenvalue weighted by Gasteiger charge is 2.29. The van der Waals surface area contributed by atoms with Crippen LogP contribution in [0.15, 0.2) is 24.3 Å². The van der Waals surface area contributed by atoms with Gasteiger partial charge in [-0.25, -0.2) is 0 Å². The molecule has 0 fully saturated rings. The van der Waals surface area contributed by atoms with Crippen LogP contribution in [0.1, 0.15) is 32.3 Å². The first-order valence-electron chi connectivity index (χ1n) is 6.14. The van der Waals surface area contributed by atoms with E-state index in [1.165, 1.54) is 0 Å². The van der Waals surface area contributed by atoms with E-state index < -0.39 is 6.10 Å². The van der Waals surface area contributed by atoms with Crippen LogP contribution in [0, 0.1) is 5.41 Å². The molecular weight excluding hydrogens is 248 g/mol. The van der Waals surface area contributed by atoms with E-state index in [1.807, 2.05) is 24.3 Å². The van der Waals surface area contributed by atoms with E-state index in [4.69, 9.17) is 16.3 Å². The zero-order valence-corrected chi connectivity index (χ0v) is 11.8. The highest BCUT2D eigenvalue weighted by molar-refractivity contribution is 6.30. The van der Waals surface area contributed by atoms with E-state index in [-0.39, 0.29) is 5.41 Å². The Morgan fingerprint density at radius 1 is 1.39 bits per heavy atom. The maximum atomic E-state index is 9.96. The summed E-state index contributed by atoms with van der Waals surface area (Å²) in [7, 11) is 1.65. The van der Waals surface area contributed by atoms with Gasteiger partial charge in [-0.05, 0) is 42.0 Å². The van der Waals surface area contributed by atoms with Crippen LogP contribution in [-0.4, -0.2) is 18.3 Å². The number of hydrogen-bond acceptors (Lipinski definition) is 2. The predicted molar refractivity (Wildman–Crippen MR) is 75.0 cm³/mol. The monoisotopic (exact) mass is 266 g/mol. The van der Waals surface area contributed by atoms with Gasteiger partial charge in [-0.3, -0.25) is 0 Å². The molecule has 0 amide bonds. The van der Waals surface area contributed by atoms with Gasteiger partial charge in [0.25, 0.3) is 0 Å². The second-order valence-electron chi connectivity index (χ2n) is 5.65. The quantitative estimate of drug-likeness (QED) is 0.879. The molecular formula is C15H19ClO2. The molecule has 18 heavy (non-hydrogen) atoms. The summed E-state index contributed by atoms with van der Waals surface area (Å²) in [5.41, 5.74) is 2.19. The molecule has 1 aliphatic rings. The Morgan fingerprint density at radius 3 is 2.72 bits per heavy atom. The summed E-state index contributed by atoms with van der Waals surface area (Å²) < 4.78 is 5.38. The predicted octanol–water partition coefficient (Wildman–Crippen LogP) is 3.91. The lowest BCUT2D eigenvalue weighted by Gasteiger charge is -2.33. The van der Waals surface area contributed by atoms with E-state index in [9.17, 15) is 5.11 Å². The Labute approximate surface area is 113 Å². The fourth-order valence-corrected chi connectivity index (χ4v) is 2.79. The Morgan fingerprint density at radius 2 is 2.11 bits per heavy atom. The van der Waals surface area contributed by atoms with Crippen molar-refractivity contribution in [2.75, 3.05) is 7.11 Å². The molecule has 0 saturated carbocycles. The third-order valence-corrected chi connectivity index (χ3v) is 3.57. The van der Waals surface area contributed by atoms with Gasteiger partial charge in [-0.2, -0.15) is 0 Å². The Balaban J connectivity index is 2.45. The van der Waals surface area contributed by atoms with Gasteiger partial charge in [0.2, 0.25) is 0 Å². The van der Waals surface area contributed by atoms with Crippen molar-refractivity contribution in [1.29, 1.82) is 0 Å². The highest BCUT2D eigenvalue weighted by Crippen LogP contribution is 2.42. The summed E-state index contributed by atoms with van der Waals surface area (Å²) in [5, 5.41) is 10.6. The van der Waals surface area contributed by atoms with Crippen molar-refractivity contribution in [1.82, 2.24) is 0 Å². The van der Waals surface area contributed by atoms with E-state index in [0.29, 0.717) is 5.02 Å². The van der Waals surface area contributed by atoms with Crippen molar-refractivity contribution in [3.05, 3.63) is 34.9 Å². The van der Waals surface area contributed by atoms with Crippen molar-refractivity contribution >= 4 is 17.2 Å². The van der Waals surface area contributed by atoms with Gasteiger partial charge < -0.3 is 9.84 Å². The molecule has 1 aromatic carbocycles. The molecule has 2 nitrogen and oxygen atoms in total. The number of allylic oxidation sites excluding steroid dienone is 1. The van der Waals surface area contributed by atoms with Crippen LogP contribution in [0.5, 0.6) is 5.75 Å². The molecule has 0 spiro atoms. The smallest absolute Gasteiger partial charge is 0.126 e. The lowest BCUT2D eigenvalue weighted by Crippen LogP contribution is -2.24. The van der Waals surface area contributed by atoms with Gasteiger partial charge in [0.15, 0.2) is 0 Å². The number of aliphatic hydroxyl groups is 1. The average molecular weight is 267 g/mol. The Hall–Kier alpha value is -0.990.